The molecule has 20 heavy (non-hydrogen) atoms. The molecular weight excluding hydrogens is 370 g/mol. The van der Waals surface area contributed by atoms with Crippen LogP contribution in [-0.4, -0.2) is 12.5 Å². The van der Waals surface area contributed by atoms with Crippen molar-refractivity contribution in [3.63, 3.8) is 0 Å². The number of nitrogens with one attached hydrogen (secondary N) is 2. The Morgan fingerprint density at radius 3 is 2.65 bits per heavy atom. The SMILES string of the molecule is O=C1Nc2cc(I)c(F)cc2NCC1c1ccccc1. The molecule has 3 nitrogen and oxygen atoms in total. The number of carbonyl (C=O) groups excluding carboxylic acids is 1. The number of hydrogen-bond acceptors (Lipinski definition) is 2. The van der Waals surface area contributed by atoms with Gasteiger partial charge in [0.25, 0.3) is 0 Å². The summed E-state index contributed by atoms with van der Waals surface area (Å²) in [5, 5.41) is 6.01. The van der Waals surface area contributed by atoms with Crippen LogP contribution < -0.4 is 10.6 Å². The molecule has 2 aromatic carbocycles. The minimum absolute atomic E-state index is 0.0788. The van der Waals surface area contributed by atoms with Crippen molar-refractivity contribution in [3.8, 4) is 0 Å². The van der Waals surface area contributed by atoms with Gasteiger partial charge in [-0.15, -0.1) is 0 Å². The number of anilines is 2. The fraction of sp³-hybridized carbons (Fsp3) is 0.133. The zero-order chi connectivity index (χ0) is 14.1. The van der Waals surface area contributed by atoms with E-state index < -0.39 is 0 Å². The summed E-state index contributed by atoms with van der Waals surface area (Å²) in [6.45, 7) is 0.447. The first kappa shape index (κ1) is 13.4. The van der Waals surface area contributed by atoms with E-state index in [1.807, 2.05) is 52.9 Å². The van der Waals surface area contributed by atoms with Gasteiger partial charge in [-0.2, -0.15) is 0 Å². The molecule has 5 heteroatoms. The van der Waals surface area contributed by atoms with Crippen molar-refractivity contribution in [3.05, 3.63) is 57.4 Å². The summed E-state index contributed by atoms with van der Waals surface area (Å²) >= 11 is 1.91. The van der Waals surface area contributed by atoms with E-state index in [4.69, 9.17) is 0 Å². The van der Waals surface area contributed by atoms with Crippen molar-refractivity contribution in [2.75, 3.05) is 17.2 Å². The molecule has 0 fully saturated rings. The van der Waals surface area contributed by atoms with Crippen LogP contribution in [0.15, 0.2) is 42.5 Å². The van der Waals surface area contributed by atoms with E-state index in [-0.39, 0.29) is 17.6 Å². The fourth-order valence-electron chi connectivity index (χ4n) is 2.28. The second kappa shape index (κ2) is 5.40. The third-order valence-electron chi connectivity index (χ3n) is 3.33. The summed E-state index contributed by atoms with van der Waals surface area (Å²) in [6.07, 6.45) is 0. The van der Waals surface area contributed by atoms with E-state index in [9.17, 15) is 9.18 Å². The standard InChI is InChI=1S/C15H12FIN2O/c16-11-6-13-14(7-12(11)17)19-15(20)10(8-18-13)9-4-2-1-3-5-9/h1-7,10,18H,8H2,(H,19,20). The van der Waals surface area contributed by atoms with Crippen LogP contribution in [0.5, 0.6) is 0 Å². The monoisotopic (exact) mass is 382 g/mol. The van der Waals surface area contributed by atoms with Gasteiger partial charge in [0.05, 0.1) is 20.9 Å². The highest BCUT2D eigenvalue weighted by molar-refractivity contribution is 14.1. The largest absolute Gasteiger partial charge is 0.382 e. The smallest absolute Gasteiger partial charge is 0.233 e. The normalized spacial score (nSPS) is 17.7. The first-order chi connectivity index (χ1) is 9.65. The average Bonchev–Trinajstić information content (AvgIpc) is 2.59. The molecular formula is C15H12FIN2O. The van der Waals surface area contributed by atoms with Gasteiger partial charge in [0.15, 0.2) is 0 Å². The molecule has 1 unspecified atom stereocenters. The Hall–Kier alpha value is -1.63. The van der Waals surface area contributed by atoms with Gasteiger partial charge in [-0.3, -0.25) is 4.79 Å². The van der Waals surface area contributed by atoms with E-state index in [1.54, 1.807) is 6.07 Å². The summed E-state index contributed by atoms with van der Waals surface area (Å²) in [4.78, 5) is 12.3. The molecule has 0 radical (unpaired) electrons. The average molecular weight is 382 g/mol. The lowest BCUT2D eigenvalue weighted by molar-refractivity contribution is -0.117. The summed E-state index contributed by atoms with van der Waals surface area (Å²) in [7, 11) is 0. The first-order valence-corrected chi connectivity index (χ1v) is 7.32. The molecule has 0 saturated carbocycles. The molecule has 1 aliphatic rings. The van der Waals surface area contributed by atoms with Crippen molar-refractivity contribution in [1.29, 1.82) is 0 Å². The van der Waals surface area contributed by atoms with E-state index in [2.05, 4.69) is 10.6 Å². The third kappa shape index (κ3) is 2.49. The minimum atomic E-state index is -0.288. The van der Waals surface area contributed by atoms with Gasteiger partial charge in [-0.05, 0) is 34.2 Å². The van der Waals surface area contributed by atoms with E-state index in [1.165, 1.54) is 6.07 Å². The van der Waals surface area contributed by atoms with Crippen LogP contribution in [0, 0.1) is 9.39 Å². The molecule has 0 aliphatic carbocycles. The summed E-state index contributed by atoms with van der Waals surface area (Å²) in [5.41, 5.74) is 2.19. The van der Waals surface area contributed by atoms with Crippen LogP contribution >= 0.6 is 22.6 Å². The zero-order valence-electron chi connectivity index (χ0n) is 10.5. The van der Waals surface area contributed by atoms with Gasteiger partial charge >= 0.3 is 0 Å². The van der Waals surface area contributed by atoms with Crippen LogP contribution in [0.1, 0.15) is 11.5 Å². The second-order valence-electron chi connectivity index (χ2n) is 4.65. The Balaban J connectivity index is 1.95. The topological polar surface area (TPSA) is 41.1 Å². The minimum Gasteiger partial charge on any atom is -0.382 e. The Morgan fingerprint density at radius 1 is 1.15 bits per heavy atom. The van der Waals surface area contributed by atoms with Gasteiger partial charge in [-0.25, -0.2) is 4.39 Å². The maximum absolute atomic E-state index is 13.6. The highest BCUT2D eigenvalue weighted by atomic mass is 127. The first-order valence-electron chi connectivity index (χ1n) is 6.24. The molecule has 0 saturated heterocycles. The van der Waals surface area contributed by atoms with E-state index >= 15 is 0 Å². The molecule has 1 atom stereocenters. The second-order valence-corrected chi connectivity index (χ2v) is 5.81. The molecule has 0 spiro atoms. The molecule has 1 heterocycles. The lowest BCUT2D eigenvalue weighted by atomic mass is 9.98. The quantitative estimate of drug-likeness (QED) is 0.741. The predicted molar refractivity (Wildman–Crippen MR) is 85.4 cm³/mol. The molecule has 102 valence electrons. The number of carbonyl (C=O) groups is 1. The number of rotatable bonds is 1. The number of hydrogen-bond donors (Lipinski definition) is 2. The van der Waals surface area contributed by atoms with Gasteiger partial charge in [-0.1, -0.05) is 30.3 Å². The predicted octanol–water partition coefficient (Wildman–Crippen LogP) is 3.58. The lowest BCUT2D eigenvalue weighted by Gasteiger charge is -2.13. The molecule has 0 bridgehead atoms. The summed E-state index contributed by atoms with van der Waals surface area (Å²) in [5.74, 6) is -0.654. The van der Waals surface area contributed by atoms with Crippen molar-refractivity contribution in [1.82, 2.24) is 0 Å². The van der Waals surface area contributed by atoms with Crippen molar-refractivity contribution in [2.45, 2.75) is 5.92 Å². The zero-order valence-corrected chi connectivity index (χ0v) is 12.6. The van der Waals surface area contributed by atoms with Crippen molar-refractivity contribution < 1.29 is 9.18 Å². The third-order valence-corrected chi connectivity index (χ3v) is 4.16. The maximum Gasteiger partial charge on any atom is 0.233 e. The van der Waals surface area contributed by atoms with Crippen LogP contribution in [0.3, 0.4) is 0 Å². The summed E-state index contributed by atoms with van der Waals surface area (Å²) < 4.78 is 14.1. The highest BCUT2D eigenvalue weighted by Crippen LogP contribution is 2.31. The van der Waals surface area contributed by atoms with Gasteiger partial charge in [0.2, 0.25) is 5.91 Å². The van der Waals surface area contributed by atoms with Crippen molar-refractivity contribution in [2.24, 2.45) is 0 Å². The Bertz CT molecular complexity index is 660. The summed E-state index contributed by atoms with van der Waals surface area (Å²) in [6, 6.07) is 12.6. The van der Waals surface area contributed by atoms with Gasteiger partial charge < -0.3 is 10.6 Å². The van der Waals surface area contributed by atoms with Gasteiger partial charge in [0.1, 0.15) is 5.82 Å². The number of amides is 1. The fourth-order valence-corrected chi connectivity index (χ4v) is 2.74. The molecule has 1 aliphatic heterocycles. The van der Waals surface area contributed by atoms with E-state index in [0.29, 0.717) is 21.5 Å². The Labute approximate surface area is 129 Å². The Kier molecular flexibility index (Phi) is 3.60. The Morgan fingerprint density at radius 2 is 1.90 bits per heavy atom. The molecule has 0 aromatic heterocycles. The highest BCUT2D eigenvalue weighted by Gasteiger charge is 2.25. The van der Waals surface area contributed by atoms with Crippen LogP contribution in [0.4, 0.5) is 15.8 Å². The molecule has 2 aromatic rings. The number of benzene rings is 2. The molecule has 2 N–H and O–H groups in total. The number of halogens is 2. The van der Waals surface area contributed by atoms with Crippen molar-refractivity contribution >= 4 is 39.9 Å². The van der Waals surface area contributed by atoms with Crippen LogP contribution in [0.2, 0.25) is 0 Å². The van der Waals surface area contributed by atoms with Gasteiger partial charge in [0, 0.05) is 12.6 Å². The molecule has 1 amide bonds. The van der Waals surface area contributed by atoms with E-state index in [0.717, 1.165) is 5.56 Å². The number of fused-ring (bicyclic) bond motifs is 1. The lowest BCUT2D eigenvalue weighted by Crippen LogP contribution is -2.23. The van der Waals surface area contributed by atoms with Crippen LogP contribution in [0.25, 0.3) is 0 Å². The maximum atomic E-state index is 13.6. The van der Waals surface area contributed by atoms with Crippen LogP contribution in [-0.2, 0) is 4.79 Å². The molecule has 3 rings (SSSR count).